The first-order valence-electron chi connectivity index (χ1n) is 11.3. The van der Waals surface area contributed by atoms with Crippen molar-refractivity contribution in [2.75, 3.05) is 41.9 Å². The van der Waals surface area contributed by atoms with E-state index in [2.05, 4.69) is 10.0 Å². The smallest absolute Gasteiger partial charge is 0.262 e. The molecule has 0 aliphatic rings. The van der Waals surface area contributed by atoms with Crippen LogP contribution < -0.4 is 28.6 Å². The Morgan fingerprint density at radius 1 is 0.872 bits per heavy atom. The molecule has 0 aromatic heterocycles. The Morgan fingerprint density at radius 2 is 1.49 bits per heavy atom. The predicted molar refractivity (Wildman–Crippen MR) is 150 cm³/mol. The number of carbonyl (C=O) groups excluding carboxylic acids is 1. The minimum atomic E-state index is -4.02. The first-order valence-corrected chi connectivity index (χ1v) is 15.0. The molecule has 0 fully saturated rings. The van der Waals surface area contributed by atoms with Crippen LogP contribution in [0, 0.1) is 0 Å². The molecule has 0 saturated carbocycles. The fourth-order valence-electron chi connectivity index (χ4n) is 3.66. The van der Waals surface area contributed by atoms with Crippen molar-refractivity contribution in [3.8, 4) is 17.2 Å². The van der Waals surface area contributed by atoms with E-state index in [9.17, 15) is 21.6 Å². The minimum absolute atomic E-state index is 0.0796. The normalized spacial score (nSPS) is 12.3. The van der Waals surface area contributed by atoms with Gasteiger partial charge in [0.2, 0.25) is 15.9 Å². The highest BCUT2D eigenvalue weighted by molar-refractivity contribution is 7.92. The van der Waals surface area contributed by atoms with Gasteiger partial charge in [0.1, 0.15) is 23.3 Å². The van der Waals surface area contributed by atoms with Crippen LogP contribution in [0.2, 0.25) is 5.02 Å². The van der Waals surface area contributed by atoms with Gasteiger partial charge in [0.25, 0.3) is 10.0 Å². The molecule has 0 saturated heterocycles. The predicted octanol–water partition coefficient (Wildman–Crippen LogP) is 3.96. The van der Waals surface area contributed by atoms with Gasteiger partial charge in [-0.2, -0.15) is 0 Å². The van der Waals surface area contributed by atoms with Gasteiger partial charge < -0.3 is 19.5 Å². The summed E-state index contributed by atoms with van der Waals surface area (Å²) in [6, 6.07) is 13.2. The average Bonchev–Trinajstić information content (AvgIpc) is 2.88. The Balaban J connectivity index is 1.80. The Bertz CT molecular complexity index is 1560. The lowest BCUT2D eigenvalue weighted by Gasteiger charge is -2.28. The maximum atomic E-state index is 13.0. The molecular formula is C25H28ClN3O8S2. The van der Waals surface area contributed by atoms with E-state index in [1.165, 1.54) is 76.8 Å². The van der Waals surface area contributed by atoms with Gasteiger partial charge in [-0.05, 0) is 61.5 Å². The van der Waals surface area contributed by atoms with Crippen molar-refractivity contribution in [2.45, 2.75) is 17.9 Å². The highest BCUT2D eigenvalue weighted by atomic mass is 35.5. The topological polar surface area (TPSA) is 140 Å². The number of amides is 1. The number of anilines is 3. The lowest BCUT2D eigenvalue weighted by Crippen LogP contribution is -2.45. The van der Waals surface area contributed by atoms with E-state index in [1.54, 1.807) is 12.1 Å². The maximum Gasteiger partial charge on any atom is 0.262 e. The number of nitrogens with one attached hydrogen (secondary N) is 2. The molecular weight excluding hydrogens is 570 g/mol. The molecule has 0 heterocycles. The van der Waals surface area contributed by atoms with Crippen molar-refractivity contribution in [2.24, 2.45) is 0 Å². The summed E-state index contributed by atoms with van der Waals surface area (Å²) in [7, 11) is -3.62. The minimum Gasteiger partial charge on any atom is -0.497 e. The summed E-state index contributed by atoms with van der Waals surface area (Å²) in [6.07, 6.45) is 0.971. The van der Waals surface area contributed by atoms with Crippen LogP contribution in [-0.2, 0) is 24.8 Å². The van der Waals surface area contributed by atoms with E-state index in [-0.39, 0.29) is 27.0 Å². The van der Waals surface area contributed by atoms with Gasteiger partial charge in [0.15, 0.2) is 0 Å². The third-order valence-electron chi connectivity index (χ3n) is 5.56. The largest absolute Gasteiger partial charge is 0.497 e. The zero-order chi connectivity index (χ0) is 29.0. The fourth-order valence-corrected chi connectivity index (χ4v) is 6.14. The van der Waals surface area contributed by atoms with Crippen molar-refractivity contribution in [3.05, 3.63) is 65.7 Å². The van der Waals surface area contributed by atoms with Crippen LogP contribution in [0.1, 0.15) is 6.92 Å². The van der Waals surface area contributed by atoms with Gasteiger partial charge in [-0.3, -0.25) is 13.8 Å². The molecule has 3 rings (SSSR count). The molecule has 1 atom stereocenters. The van der Waals surface area contributed by atoms with E-state index < -0.39 is 32.0 Å². The molecule has 0 radical (unpaired) electrons. The van der Waals surface area contributed by atoms with Gasteiger partial charge in [-0.1, -0.05) is 11.6 Å². The monoisotopic (exact) mass is 597 g/mol. The first kappa shape index (κ1) is 29.9. The first-order chi connectivity index (χ1) is 18.3. The van der Waals surface area contributed by atoms with Gasteiger partial charge in [0, 0.05) is 11.8 Å². The van der Waals surface area contributed by atoms with Crippen LogP contribution in [0.3, 0.4) is 0 Å². The second-order valence-corrected chi connectivity index (χ2v) is 12.2. The number of benzene rings is 3. The summed E-state index contributed by atoms with van der Waals surface area (Å²) in [6.45, 7) is 1.42. The molecule has 14 heteroatoms. The summed E-state index contributed by atoms with van der Waals surface area (Å²) in [5.41, 5.74) is 0.611. The third-order valence-corrected chi connectivity index (χ3v) is 8.48. The number of sulfonamides is 2. The zero-order valence-corrected chi connectivity index (χ0v) is 24.1. The van der Waals surface area contributed by atoms with Gasteiger partial charge in [-0.15, -0.1) is 0 Å². The standard InChI is InChI=1S/C25H28ClN3O8S2/c1-16(29(38(5,31)32)18-8-12-23(36-3)21(26)14-18)25(30)27-17-6-10-20(11-7-17)39(33,34)28-22-15-19(35-2)9-13-24(22)37-4/h6-16,28H,1-5H3,(H,27,30)/t16-/m1/s1. The summed E-state index contributed by atoms with van der Waals surface area (Å²) < 4.78 is 69.9. The maximum absolute atomic E-state index is 13.0. The van der Waals surface area contributed by atoms with E-state index >= 15 is 0 Å². The Kier molecular flexibility index (Phi) is 9.20. The van der Waals surface area contributed by atoms with E-state index in [0.717, 1.165) is 10.6 Å². The Labute approximate surface area is 232 Å². The van der Waals surface area contributed by atoms with Crippen molar-refractivity contribution < 1.29 is 35.8 Å². The molecule has 3 aromatic carbocycles. The number of halogens is 1. The quantitative estimate of drug-likeness (QED) is 0.338. The Hall–Kier alpha value is -3.68. The van der Waals surface area contributed by atoms with Gasteiger partial charge in [-0.25, -0.2) is 16.8 Å². The van der Waals surface area contributed by atoms with Crippen LogP contribution in [0.15, 0.2) is 65.6 Å². The lowest BCUT2D eigenvalue weighted by molar-refractivity contribution is -0.116. The number of ether oxygens (including phenoxy) is 3. The molecule has 0 unspecified atom stereocenters. The second-order valence-electron chi connectivity index (χ2n) is 8.24. The van der Waals surface area contributed by atoms with Crippen LogP contribution in [0.4, 0.5) is 17.1 Å². The number of methoxy groups -OCH3 is 3. The molecule has 210 valence electrons. The number of nitrogens with zero attached hydrogens (tertiary/aromatic N) is 1. The third kappa shape index (κ3) is 7.05. The molecule has 0 bridgehead atoms. The summed E-state index contributed by atoms with van der Waals surface area (Å²) in [5.74, 6) is 0.425. The van der Waals surface area contributed by atoms with E-state index in [4.69, 9.17) is 25.8 Å². The Morgan fingerprint density at radius 3 is 2.03 bits per heavy atom. The van der Waals surface area contributed by atoms with E-state index in [0.29, 0.717) is 17.2 Å². The molecule has 11 nitrogen and oxygen atoms in total. The molecule has 0 spiro atoms. The summed E-state index contributed by atoms with van der Waals surface area (Å²) >= 11 is 6.16. The molecule has 2 N–H and O–H groups in total. The summed E-state index contributed by atoms with van der Waals surface area (Å²) in [4.78, 5) is 12.9. The van der Waals surface area contributed by atoms with Gasteiger partial charge >= 0.3 is 0 Å². The highest BCUT2D eigenvalue weighted by Gasteiger charge is 2.30. The van der Waals surface area contributed by atoms with Crippen molar-refractivity contribution in [3.63, 3.8) is 0 Å². The number of carbonyl (C=O) groups is 1. The number of hydrogen-bond acceptors (Lipinski definition) is 8. The molecule has 1 amide bonds. The number of rotatable bonds is 11. The molecule has 0 aliphatic carbocycles. The van der Waals surface area contributed by atoms with Crippen molar-refractivity contribution in [1.29, 1.82) is 0 Å². The number of hydrogen-bond donors (Lipinski definition) is 2. The molecule has 3 aromatic rings. The molecule has 0 aliphatic heterocycles. The van der Waals surface area contributed by atoms with Crippen LogP contribution >= 0.6 is 11.6 Å². The highest BCUT2D eigenvalue weighted by Crippen LogP contribution is 2.32. The lowest BCUT2D eigenvalue weighted by atomic mass is 10.2. The van der Waals surface area contributed by atoms with Gasteiger partial charge in [0.05, 0.1) is 48.9 Å². The average molecular weight is 598 g/mol. The van der Waals surface area contributed by atoms with Crippen LogP contribution in [-0.4, -0.2) is 56.4 Å². The SMILES string of the molecule is COc1ccc(OC)c(NS(=O)(=O)c2ccc(NC(=O)[C@@H](C)N(c3ccc(OC)c(Cl)c3)S(C)(=O)=O)cc2)c1. The van der Waals surface area contributed by atoms with E-state index in [1.807, 2.05) is 0 Å². The molecule has 39 heavy (non-hydrogen) atoms. The second kappa shape index (κ2) is 12.0. The van der Waals surface area contributed by atoms with Crippen LogP contribution in [0.25, 0.3) is 0 Å². The fraction of sp³-hybridized carbons (Fsp3) is 0.240. The van der Waals surface area contributed by atoms with Crippen LogP contribution in [0.5, 0.6) is 17.2 Å². The zero-order valence-electron chi connectivity index (χ0n) is 21.8. The van der Waals surface area contributed by atoms with Crippen molar-refractivity contribution >= 4 is 54.6 Å². The summed E-state index contributed by atoms with van der Waals surface area (Å²) in [5, 5.41) is 2.78. The van der Waals surface area contributed by atoms with Crippen molar-refractivity contribution in [1.82, 2.24) is 0 Å².